The van der Waals surface area contributed by atoms with E-state index in [2.05, 4.69) is 32.7 Å². The van der Waals surface area contributed by atoms with Crippen LogP contribution in [0.1, 0.15) is 51.3 Å². The molecular formula is C19H25BrN2O3S. The zero-order valence-electron chi connectivity index (χ0n) is 15.1. The average Bonchev–Trinajstić information content (AvgIpc) is 2.88. The van der Waals surface area contributed by atoms with E-state index in [-0.39, 0.29) is 9.92 Å². The van der Waals surface area contributed by atoms with Gasteiger partial charge in [0.15, 0.2) is 5.89 Å². The number of halogens is 1. The first-order valence-electron chi connectivity index (χ1n) is 9.27. The topological polar surface area (TPSA) is 63.4 Å². The Bertz CT molecular complexity index is 823. The van der Waals surface area contributed by atoms with E-state index in [4.69, 9.17) is 4.42 Å². The van der Waals surface area contributed by atoms with Gasteiger partial charge in [-0.3, -0.25) is 0 Å². The van der Waals surface area contributed by atoms with Gasteiger partial charge in [-0.1, -0.05) is 42.1 Å². The van der Waals surface area contributed by atoms with E-state index in [0.29, 0.717) is 18.2 Å². The number of hydrogen-bond donors (Lipinski definition) is 0. The second kappa shape index (κ2) is 8.57. The molecule has 0 saturated carbocycles. The lowest BCUT2D eigenvalue weighted by Crippen LogP contribution is -2.25. The Hall–Kier alpha value is -1.34. The van der Waals surface area contributed by atoms with Crippen LogP contribution in [0.25, 0.3) is 0 Å². The molecule has 0 atom stereocenters. The summed E-state index contributed by atoms with van der Waals surface area (Å²) < 4.78 is 33.2. The molecule has 3 rings (SSSR count). The van der Waals surface area contributed by atoms with Crippen molar-refractivity contribution in [2.75, 3.05) is 18.0 Å². The van der Waals surface area contributed by atoms with Gasteiger partial charge in [-0.15, -0.1) is 0 Å². The summed E-state index contributed by atoms with van der Waals surface area (Å²) in [5.41, 5.74) is 0. The summed E-state index contributed by atoms with van der Waals surface area (Å²) in [5.74, 6) is 0.933. The van der Waals surface area contributed by atoms with Gasteiger partial charge in [0, 0.05) is 24.0 Å². The van der Waals surface area contributed by atoms with Crippen LogP contribution in [0.5, 0.6) is 0 Å². The zero-order valence-corrected chi connectivity index (χ0v) is 17.5. The van der Waals surface area contributed by atoms with Gasteiger partial charge in [-0.2, -0.15) is 4.98 Å². The first kappa shape index (κ1) is 19.4. The van der Waals surface area contributed by atoms with Crippen LogP contribution in [-0.4, -0.2) is 26.5 Å². The lowest BCUT2D eigenvalue weighted by molar-refractivity contribution is 0.476. The third-order valence-electron chi connectivity index (χ3n) is 4.64. The second-order valence-electron chi connectivity index (χ2n) is 6.68. The van der Waals surface area contributed by atoms with E-state index in [1.165, 1.54) is 12.8 Å². The van der Waals surface area contributed by atoms with E-state index >= 15 is 0 Å². The summed E-state index contributed by atoms with van der Waals surface area (Å²) in [4.78, 5) is 6.72. The van der Waals surface area contributed by atoms with Crippen molar-refractivity contribution in [3.05, 3.63) is 34.6 Å². The van der Waals surface area contributed by atoms with Crippen molar-refractivity contribution in [3.63, 3.8) is 0 Å². The second-order valence-corrected chi connectivity index (χ2v) is 9.46. The lowest BCUT2D eigenvalue weighted by atomic mass is 10.2. The van der Waals surface area contributed by atoms with Gasteiger partial charge in [0.1, 0.15) is 0 Å². The minimum Gasteiger partial charge on any atom is -0.424 e. The minimum absolute atomic E-state index is 0.0628. The minimum atomic E-state index is -3.72. The first-order valence-corrected chi connectivity index (χ1v) is 11.6. The van der Waals surface area contributed by atoms with Crippen LogP contribution >= 0.6 is 15.9 Å². The van der Waals surface area contributed by atoms with Gasteiger partial charge in [-0.25, -0.2) is 8.42 Å². The summed E-state index contributed by atoms with van der Waals surface area (Å²) in [7, 11) is -3.72. The van der Waals surface area contributed by atoms with Crippen molar-refractivity contribution in [2.24, 2.45) is 0 Å². The van der Waals surface area contributed by atoms with Crippen molar-refractivity contribution in [1.82, 2.24) is 4.98 Å². The Morgan fingerprint density at radius 1 is 1.12 bits per heavy atom. The Balaban J connectivity index is 2.02. The van der Waals surface area contributed by atoms with Crippen LogP contribution in [0.2, 0.25) is 0 Å². The molecule has 0 unspecified atom stereocenters. The van der Waals surface area contributed by atoms with Crippen molar-refractivity contribution in [2.45, 2.75) is 61.8 Å². The summed E-state index contributed by atoms with van der Waals surface area (Å²) in [6.45, 7) is 3.72. The highest BCUT2D eigenvalue weighted by Gasteiger charge is 2.31. The van der Waals surface area contributed by atoms with Crippen LogP contribution in [0.15, 0.2) is 43.1 Å². The molecule has 0 N–H and O–H groups in total. The molecule has 5 nitrogen and oxygen atoms in total. The van der Waals surface area contributed by atoms with Crippen LogP contribution in [-0.2, 0) is 16.3 Å². The molecule has 7 heteroatoms. The number of rotatable bonds is 6. The Kier molecular flexibility index (Phi) is 6.40. The number of benzene rings is 1. The third kappa shape index (κ3) is 4.31. The van der Waals surface area contributed by atoms with E-state index in [9.17, 15) is 8.42 Å². The maximum atomic E-state index is 13.2. The number of aromatic nitrogens is 1. The molecule has 1 saturated heterocycles. The number of nitrogens with zero attached hydrogens (tertiary/aromatic N) is 2. The van der Waals surface area contributed by atoms with Gasteiger partial charge in [0.2, 0.25) is 20.7 Å². The summed E-state index contributed by atoms with van der Waals surface area (Å²) in [5, 5.41) is 0.0628. The van der Waals surface area contributed by atoms with Gasteiger partial charge >= 0.3 is 0 Å². The fourth-order valence-electron chi connectivity index (χ4n) is 3.15. The van der Waals surface area contributed by atoms with Gasteiger partial charge in [-0.05, 0) is 43.5 Å². The monoisotopic (exact) mass is 440 g/mol. The van der Waals surface area contributed by atoms with Crippen LogP contribution in [0, 0.1) is 0 Å². The van der Waals surface area contributed by atoms with Gasteiger partial charge in [0.25, 0.3) is 0 Å². The SMILES string of the molecule is CCCCc1nc(S(=O)(=O)c2ccc(Br)cc2)c(N2CCCCCC2)o1. The molecule has 0 bridgehead atoms. The molecule has 2 aromatic rings. The maximum absolute atomic E-state index is 13.2. The smallest absolute Gasteiger partial charge is 0.236 e. The summed E-state index contributed by atoms with van der Waals surface area (Å²) in [6, 6.07) is 6.67. The van der Waals surface area contributed by atoms with Crippen LogP contribution < -0.4 is 4.90 Å². The van der Waals surface area contributed by atoms with E-state index < -0.39 is 9.84 Å². The highest BCUT2D eigenvalue weighted by atomic mass is 79.9. The quantitative estimate of drug-likeness (QED) is 0.632. The predicted octanol–water partition coefficient (Wildman–Crippen LogP) is 4.99. The normalized spacial score (nSPS) is 15.8. The Morgan fingerprint density at radius 3 is 2.38 bits per heavy atom. The molecule has 0 radical (unpaired) electrons. The molecule has 142 valence electrons. The van der Waals surface area contributed by atoms with Crippen molar-refractivity contribution < 1.29 is 12.8 Å². The summed E-state index contributed by atoms with van der Waals surface area (Å²) >= 11 is 3.35. The van der Waals surface area contributed by atoms with Gasteiger partial charge < -0.3 is 9.32 Å². The lowest BCUT2D eigenvalue weighted by Gasteiger charge is -2.20. The number of aryl methyl sites for hydroxylation is 1. The fraction of sp³-hybridized carbons (Fsp3) is 0.526. The molecule has 0 amide bonds. The maximum Gasteiger partial charge on any atom is 0.236 e. The molecule has 1 aromatic heterocycles. The molecule has 1 aliphatic rings. The first-order chi connectivity index (χ1) is 12.5. The van der Waals surface area contributed by atoms with Crippen molar-refractivity contribution in [3.8, 4) is 0 Å². The number of hydrogen-bond acceptors (Lipinski definition) is 5. The van der Waals surface area contributed by atoms with Crippen molar-refractivity contribution in [1.29, 1.82) is 0 Å². The largest absolute Gasteiger partial charge is 0.424 e. The standard InChI is InChI=1S/C19H25BrN2O3S/c1-2-3-8-17-21-18(19(25-17)22-13-6-4-5-7-14-22)26(23,24)16-11-9-15(20)10-12-16/h9-12H,2-8,13-14H2,1H3. The van der Waals surface area contributed by atoms with Crippen molar-refractivity contribution >= 4 is 31.7 Å². The molecule has 26 heavy (non-hydrogen) atoms. The fourth-order valence-corrected chi connectivity index (χ4v) is 4.75. The average molecular weight is 441 g/mol. The molecule has 1 aliphatic heterocycles. The third-order valence-corrected chi connectivity index (χ3v) is 6.84. The van der Waals surface area contributed by atoms with E-state index in [1.807, 2.05) is 0 Å². The van der Waals surface area contributed by atoms with E-state index in [1.54, 1.807) is 24.3 Å². The molecule has 1 aromatic carbocycles. The Labute approximate surface area is 163 Å². The van der Waals surface area contributed by atoms with Gasteiger partial charge in [0.05, 0.1) is 4.90 Å². The molecular weight excluding hydrogens is 416 g/mol. The zero-order chi connectivity index (χ0) is 18.6. The number of oxazole rings is 1. The molecule has 2 heterocycles. The van der Waals surface area contributed by atoms with Crippen LogP contribution in [0.4, 0.5) is 5.88 Å². The highest BCUT2D eigenvalue weighted by molar-refractivity contribution is 9.10. The molecule has 0 aliphatic carbocycles. The molecule has 1 fully saturated rings. The number of sulfone groups is 1. The number of unbranched alkanes of at least 4 members (excludes halogenated alkanes) is 1. The van der Waals surface area contributed by atoms with Crippen LogP contribution in [0.3, 0.4) is 0 Å². The predicted molar refractivity (Wildman–Crippen MR) is 105 cm³/mol. The summed E-state index contributed by atoms with van der Waals surface area (Å²) in [6.07, 6.45) is 7.02. The van der Waals surface area contributed by atoms with E-state index in [0.717, 1.165) is 43.2 Å². The Morgan fingerprint density at radius 2 is 1.77 bits per heavy atom. The number of anilines is 1. The molecule has 0 spiro atoms. The highest BCUT2D eigenvalue weighted by Crippen LogP contribution is 2.33.